The number of aromatic nitrogens is 3. The zero-order chi connectivity index (χ0) is 21.3. The van der Waals surface area contributed by atoms with E-state index >= 15 is 0 Å². The van der Waals surface area contributed by atoms with Crippen molar-refractivity contribution < 1.29 is 18.0 Å². The standard InChI is InChI=1S/C20H17ClF3N5O/c21-15-4-1-13(2-5-15)18-16(12-26-27-18)19(30)29-9-7-28(8-10-29)17-6-3-14(11-25-17)20(22,23)24/h1-6,11-12H,7-10H2,(H,26,27). The van der Waals surface area contributed by atoms with E-state index in [1.807, 2.05) is 4.90 Å². The van der Waals surface area contributed by atoms with Gasteiger partial charge in [-0.15, -0.1) is 0 Å². The van der Waals surface area contributed by atoms with Gasteiger partial charge in [0.15, 0.2) is 0 Å². The number of halogens is 4. The largest absolute Gasteiger partial charge is 0.417 e. The lowest BCUT2D eigenvalue weighted by molar-refractivity contribution is -0.137. The fourth-order valence-corrected chi connectivity index (χ4v) is 3.46. The highest BCUT2D eigenvalue weighted by molar-refractivity contribution is 6.30. The highest BCUT2D eigenvalue weighted by atomic mass is 35.5. The molecule has 0 unspecified atom stereocenters. The number of aromatic amines is 1. The summed E-state index contributed by atoms with van der Waals surface area (Å²) in [5.41, 5.74) is 1.09. The molecular weight excluding hydrogens is 419 g/mol. The van der Waals surface area contributed by atoms with Gasteiger partial charge in [-0.1, -0.05) is 23.7 Å². The Kier molecular flexibility index (Phi) is 5.38. The molecule has 0 radical (unpaired) electrons. The number of alkyl halides is 3. The molecule has 1 aromatic carbocycles. The number of nitrogens with one attached hydrogen (secondary N) is 1. The molecule has 1 N–H and O–H groups in total. The Bertz CT molecular complexity index is 1030. The molecule has 1 fully saturated rings. The summed E-state index contributed by atoms with van der Waals surface area (Å²) >= 11 is 5.93. The Hall–Kier alpha value is -3.07. The van der Waals surface area contributed by atoms with Gasteiger partial charge in [-0.05, 0) is 24.3 Å². The predicted molar refractivity (Wildman–Crippen MR) is 106 cm³/mol. The molecule has 0 bridgehead atoms. The molecule has 156 valence electrons. The van der Waals surface area contributed by atoms with Crippen molar-refractivity contribution in [2.45, 2.75) is 6.18 Å². The van der Waals surface area contributed by atoms with E-state index in [0.717, 1.165) is 17.8 Å². The number of anilines is 1. The molecule has 1 aliphatic heterocycles. The Morgan fingerprint density at radius 2 is 1.70 bits per heavy atom. The van der Waals surface area contributed by atoms with E-state index in [2.05, 4.69) is 15.2 Å². The second-order valence-corrected chi connectivity index (χ2v) is 7.28. The first-order chi connectivity index (χ1) is 14.3. The van der Waals surface area contributed by atoms with Crippen LogP contribution in [0.5, 0.6) is 0 Å². The summed E-state index contributed by atoms with van der Waals surface area (Å²) < 4.78 is 38.1. The fraction of sp³-hybridized carbons (Fsp3) is 0.250. The number of rotatable bonds is 3. The number of carbonyl (C=O) groups is 1. The molecule has 6 nitrogen and oxygen atoms in total. The van der Waals surface area contributed by atoms with Crippen LogP contribution in [0.15, 0.2) is 48.8 Å². The Balaban J connectivity index is 1.43. The summed E-state index contributed by atoms with van der Waals surface area (Å²) in [5, 5.41) is 7.47. The molecule has 1 amide bonds. The molecule has 1 saturated heterocycles. The number of nitrogens with zero attached hydrogens (tertiary/aromatic N) is 4. The molecule has 3 heterocycles. The average Bonchev–Trinajstić information content (AvgIpc) is 3.23. The smallest absolute Gasteiger partial charge is 0.353 e. The molecule has 3 aromatic rings. The summed E-state index contributed by atoms with van der Waals surface area (Å²) in [6.07, 6.45) is -2.09. The molecule has 10 heteroatoms. The van der Waals surface area contributed by atoms with Crippen molar-refractivity contribution in [2.75, 3.05) is 31.1 Å². The third-order valence-electron chi connectivity index (χ3n) is 4.97. The zero-order valence-electron chi connectivity index (χ0n) is 15.7. The van der Waals surface area contributed by atoms with Crippen molar-refractivity contribution in [3.63, 3.8) is 0 Å². The van der Waals surface area contributed by atoms with Crippen LogP contribution in [0.4, 0.5) is 19.0 Å². The Morgan fingerprint density at radius 3 is 2.30 bits per heavy atom. The number of hydrogen-bond donors (Lipinski definition) is 1. The SMILES string of the molecule is O=C(c1cn[nH]c1-c1ccc(Cl)cc1)N1CCN(c2ccc(C(F)(F)F)cn2)CC1. The minimum atomic E-state index is -4.41. The maximum absolute atomic E-state index is 13.0. The molecule has 2 aromatic heterocycles. The maximum atomic E-state index is 13.0. The topological polar surface area (TPSA) is 65.1 Å². The second-order valence-electron chi connectivity index (χ2n) is 6.85. The maximum Gasteiger partial charge on any atom is 0.417 e. The van der Waals surface area contributed by atoms with Gasteiger partial charge in [0.05, 0.1) is 23.0 Å². The molecular formula is C20H17ClF3N5O. The van der Waals surface area contributed by atoms with Crippen LogP contribution in [0.3, 0.4) is 0 Å². The van der Waals surface area contributed by atoms with E-state index in [1.54, 1.807) is 29.2 Å². The summed E-state index contributed by atoms with van der Waals surface area (Å²) in [6, 6.07) is 9.46. The molecule has 0 saturated carbocycles. The van der Waals surface area contributed by atoms with E-state index in [4.69, 9.17) is 11.6 Å². The molecule has 0 spiro atoms. The minimum Gasteiger partial charge on any atom is -0.353 e. The van der Waals surface area contributed by atoms with Crippen LogP contribution >= 0.6 is 11.6 Å². The average molecular weight is 436 g/mol. The lowest BCUT2D eigenvalue weighted by Crippen LogP contribution is -2.49. The quantitative estimate of drug-likeness (QED) is 0.672. The first-order valence-electron chi connectivity index (χ1n) is 9.20. The van der Waals surface area contributed by atoms with Crippen molar-refractivity contribution in [3.8, 4) is 11.3 Å². The van der Waals surface area contributed by atoms with E-state index in [1.165, 1.54) is 12.3 Å². The van der Waals surface area contributed by atoms with Crippen LogP contribution in [0.2, 0.25) is 5.02 Å². The van der Waals surface area contributed by atoms with Gasteiger partial charge in [0, 0.05) is 43.0 Å². The van der Waals surface area contributed by atoms with Gasteiger partial charge in [0.2, 0.25) is 0 Å². The van der Waals surface area contributed by atoms with Crippen LogP contribution in [0.25, 0.3) is 11.3 Å². The second kappa shape index (κ2) is 7.98. The van der Waals surface area contributed by atoms with E-state index in [0.29, 0.717) is 48.3 Å². The van der Waals surface area contributed by atoms with Gasteiger partial charge in [0.1, 0.15) is 5.82 Å². The number of carbonyl (C=O) groups excluding carboxylic acids is 1. The van der Waals surface area contributed by atoms with Gasteiger partial charge >= 0.3 is 6.18 Å². The van der Waals surface area contributed by atoms with E-state index in [9.17, 15) is 18.0 Å². The van der Waals surface area contributed by atoms with Crippen molar-refractivity contribution in [3.05, 3.63) is 64.9 Å². The zero-order valence-corrected chi connectivity index (χ0v) is 16.4. The van der Waals surface area contributed by atoms with Crippen molar-refractivity contribution in [2.24, 2.45) is 0 Å². The van der Waals surface area contributed by atoms with Crippen LogP contribution in [0.1, 0.15) is 15.9 Å². The minimum absolute atomic E-state index is 0.159. The van der Waals surface area contributed by atoms with Crippen molar-refractivity contribution in [1.82, 2.24) is 20.1 Å². The van der Waals surface area contributed by atoms with Crippen molar-refractivity contribution >= 4 is 23.3 Å². The summed E-state index contributed by atoms with van der Waals surface area (Å²) in [5.74, 6) is 0.300. The summed E-state index contributed by atoms with van der Waals surface area (Å²) in [4.78, 5) is 20.5. The normalized spacial score (nSPS) is 14.8. The molecule has 4 rings (SSSR count). The van der Waals surface area contributed by atoms with E-state index in [-0.39, 0.29) is 5.91 Å². The van der Waals surface area contributed by atoms with Gasteiger partial charge in [0.25, 0.3) is 5.91 Å². The summed E-state index contributed by atoms with van der Waals surface area (Å²) in [6.45, 7) is 1.79. The molecule has 0 atom stereocenters. The number of piperazine rings is 1. The highest BCUT2D eigenvalue weighted by Crippen LogP contribution is 2.30. The van der Waals surface area contributed by atoms with Crippen LogP contribution in [-0.2, 0) is 6.18 Å². The lowest BCUT2D eigenvalue weighted by atomic mass is 10.1. The monoisotopic (exact) mass is 435 g/mol. The Morgan fingerprint density at radius 1 is 1.00 bits per heavy atom. The number of pyridine rings is 1. The first-order valence-corrected chi connectivity index (χ1v) is 9.57. The number of amides is 1. The van der Waals surface area contributed by atoms with Gasteiger partial charge in [-0.3, -0.25) is 9.89 Å². The van der Waals surface area contributed by atoms with Crippen molar-refractivity contribution in [1.29, 1.82) is 0 Å². The summed E-state index contributed by atoms with van der Waals surface area (Å²) in [7, 11) is 0. The highest BCUT2D eigenvalue weighted by Gasteiger charge is 2.31. The molecule has 1 aliphatic rings. The van der Waals surface area contributed by atoms with Crippen LogP contribution in [-0.4, -0.2) is 52.2 Å². The Labute approximate surface area is 175 Å². The van der Waals surface area contributed by atoms with Gasteiger partial charge in [-0.25, -0.2) is 4.98 Å². The number of hydrogen-bond acceptors (Lipinski definition) is 4. The first kappa shape index (κ1) is 20.2. The molecule has 30 heavy (non-hydrogen) atoms. The third kappa shape index (κ3) is 4.11. The van der Waals surface area contributed by atoms with Gasteiger partial charge in [-0.2, -0.15) is 18.3 Å². The number of benzene rings is 1. The third-order valence-corrected chi connectivity index (χ3v) is 5.22. The molecule has 0 aliphatic carbocycles. The fourth-order valence-electron chi connectivity index (χ4n) is 3.33. The van der Waals surface area contributed by atoms with E-state index < -0.39 is 11.7 Å². The predicted octanol–water partition coefficient (Wildman–Crippen LogP) is 4.11. The number of H-pyrrole nitrogens is 1. The van der Waals surface area contributed by atoms with Crippen LogP contribution in [0, 0.1) is 0 Å². The lowest BCUT2D eigenvalue weighted by Gasteiger charge is -2.35. The van der Waals surface area contributed by atoms with Gasteiger partial charge < -0.3 is 9.80 Å². The van der Waals surface area contributed by atoms with Crippen LogP contribution < -0.4 is 4.90 Å².